The van der Waals surface area contributed by atoms with Gasteiger partial charge < -0.3 is 10.6 Å². The lowest BCUT2D eigenvalue weighted by Gasteiger charge is -2.34. The third-order valence-electron chi connectivity index (χ3n) is 3.94. The summed E-state index contributed by atoms with van der Waals surface area (Å²) < 4.78 is 2.81. The van der Waals surface area contributed by atoms with Crippen molar-refractivity contribution in [1.29, 1.82) is 0 Å². The maximum Gasteiger partial charge on any atom is 0.247 e. The molecule has 0 aliphatic carbocycles. The number of hydrogen-bond acceptors (Lipinski definition) is 4. The Morgan fingerprint density at radius 3 is 2.50 bits per heavy atom. The molecule has 1 atom stereocenters. The van der Waals surface area contributed by atoms with Crippen LogP contribution in [0.5, 0.6) is 0 Å². The summed E-state index contributed by atoms with van der Waals surface area (Å²) in [5.74, 6) is 1.44. The van der Waals surface area contributed by atoms with Crippen LogP contribution in [0.1, 0.15) is 24.1 Å². The molecule has 0 bridgehead atoms. The van der Waals surface area contributed by atoms with Crippen molar-refractivity contribution in [2.75, 3.05) is 6.54 Å². The summed E-state index contributed by atoms with van der Waals surface area (Å²) >= 11 is 3.39. The largest absolute Gasteiger partial charge is 0.331 e. The van der Waals surface area contributed by atoms with Gasteiger partial charge in [0.05, 0.1) is 13.1 Å². The number of nitrogens with zero attached hydrogens (tertiary/aromatic N) is 4. The van der Waals surface area contributed by atoms with E-state index in [2.05, 4.69) is 26.0 Å². The SMILES string of the molecule is Cc1nc2n(n1)CCN(C(=O)C(C)(N)c1ccc(Br)cc1)C2.Cl.Cl. The number of aryl methyl sites for hydroxylation is 1. The smallest absolute Gasteiger partial charge is 0.247 e. The average molecular weight is 437 g/mol. The van der Waals surface area contributed by atoms with E-state index in [4.69, 9.17) is 5.73 Å². The second kappa shape index (κ2) is 7.82. The highest BCUT2D eigenvalue weighted by atomic mass is 79.9. The van der Waals surface area contributed by atoms with Crippen LogP contribution in [0, 0.1) is 6.92 Å². The molecule has 1 aliphatic rings. The highest BCUT2D eigenvalue weighted by Crippen LogP contribution is 2.24. The standard InChI is InChI=1S/C15H18BrN5O.2ClH/c1-10-18-13-9-20(7-8-21(13)19-10)14(22)15(2,17)11-3-5-12(16)6-4-11;;/h3-6H,7-9,17H2,1-2H3;2*1H. The van der Waals surface area contributed by atoms with Crippen molar-refractivity contribution in [3.8, 4) is 0 Å². The van der Waals surface area contributed by atoms with Gasteiger partial charge in [-0.25, -0.2) is 9.67 Å². The number of fused-ring (bicyclic) bond motifs is 1. The predicted octanol–water partition coefficient (Wildman–Crippen LogP) is 2.41. The molecule has 1 aromatic heterocycles. The second-order valence-corrected chi connectivity index (χ2v) is 6.65. The number of benzene rings is 1. The van der Waals surface area contributed by atoms with Crippen molar-refractivity contribution in [3.05, 3.63) is 46.0 Å². The molecule has 0 radical (unpaired) electrons. The van der Waals surface area contributed by atoms with Gasteiger partial charge in [-0.2, -0.15) is 5.10 Å². The predicted molar refractivity (Wildman–Crippen MR) is 100 cm³/mol. The summed E-state index contributed by atoms with van der Waals surface area (Å²) in [7, 11) is 0. The summed E-state index contributed by atoms with van der Waals surface area (Å²) in [6, 6.07) is 7.53. The van der Waals surface area contributed by atoms with Crippen LogP contribution in [-0.4, -0.2) is 32.1 Å². The monoisotopic (exact) mass is 435 g/mol. The number of aromatic nitrogens is 3. The molecule has 2 heterocycles. The van der Waals surface area contributed by atoms with Gasteiger partial charge in [-0.1, -0.05) is 28.1 Å². The minimum absolute atomic E-state index is 0. The number of carbonyl (C=O) groups excluding carboxylic acids is 1. The molecule has 2 N–H and O–H groups in total. The zero-order chi connectivity index (χ0) is 15.9. The highest BCUT2D eigenvalue weighted by Gasteiger charge is 2.36. The zero-order valence-corrected chi connectivity index (χ0v) is 16.6. The maximum absolute atomic E-state index is 12.9. The minimum Gasteiger partial charge on any atom is -0.331 e. The summed E-state index contributed by atoms with van der Waals surface area (Å²) in [5, 5.41) is 4.31. The van der Waals surface area contributed by atoms with Gasteiger partial charge >= 0.3 is 0 Å². The van der Waals surface area contributed by atoms with Crippen LogP contribution in [0.4, 0.5) is 0 Å². The molecule has 2 aromatic rings. The molecule has 0 spiro atoms. The molecule has 1 aromatic carbocycles. The van der Waals surface area contributed by atoms with Crippen molar-refractivity contribution in [2.24, 2.45) is 5.73 Å². The van der Waals surface area contributed by atoms with Crippen molar-refractivity contribution in [1.82, 2.24) is 19.7 Å². The molecule has 9 heteroatoms. The number of halogens is 3. The Kier molecular flexibility index (Phi) is 6.81. The van der Waals surface area contributed by atoms with Crippen LogP contribution in [0.25, 0.3) is 0 Å². The number of carbonyl (C=O) groups is 1. The Bertz CT molecular complexity index is 717. The third-order valence-corrected chi connectivity index (χ3v) is 4.47. The fourth-order valence-corrected chi connectivity index (χ4v) is 2.95. The van der Waals surface area contributed by atoms with Crippen molar-refractivity contribution >= 4 is 46.7 Å². The van der Waals surface area contributed by atoms with Crippen LogP contribution < -0.4 is 5.73 Å². The van der Waals surface area contributed by atoms with Crippen molar-refractivity contribution in [2.45, 2.75) is 32.5 Å². The first-order valence-corrected chi connectivity index (χ1v) is 7.92. The van der Waals surface area contributed by atoms with Crippen LogP contribution in [-0.2, 0) is 23.4 Å². The normalized spacial score (nSPS) is 15.6. The second-order valence-electron chi connectivity index (χ2n) is 5.73. The highest BCUT2D eigenvalue weighted by molar-refractivity contribution is 9.10. The molecule has 0 saturated carbocycles. The third kappa shape index (κ3) is 3.91. The van der Waals surface area contributed by atoms with Gasteiger partial charge in [-0.05, 0) is 31.5 Å². The van der Waals surface area contributed by atoms with Gasteiger partial charge in [-0.3, -0.25) is 4.79 Å². The molecule has 1 amide bonds. The molecule has 1 aliphatic heterocycles. The average Bonchev–Trinajstić information content (AvgIpc) is 2.86. The number of hydrogen-bond donors (Lipinski definition) is 1. The molecule has 1 unspecified atom stereocenters. The maximum atomic E-state index is 12.9. The lowest BCUT2D eigenvalue weighted by atomic mass is 9.91. The fourth-order valence-electron chi connectivity index (χ4n) is 2.68. The van der Waals surface area contributed by atoms with Crippen LogP contribution in [0.2, 0.25) is 0 Å². The summed E-state index contributed by atoms with van der Waals surface area (Å²) in [6.07, 6.45) is 0. The Morgan fingerprint density at radius 1 is 1.25 bits per heavy atom. The lowest BCUT2D eigenvalue weighted by molar-refractivity contribution is -0.138. The van der Waals surface area contributed by atoms with Gasteiger partial charge in [0, 0.05) is 11.0 Å². The van der Waals surface area contributed by atoms with E-state index in [0.29, 0.717) is 19.6 Å². The zero-order valence-electron chi connectivity index (χ0n) is 13.4. The van der Waals surface area contributed by atoms with E-state index in [1.807, 2.05) is 35.9 Å². The Morgan fingerprint density at radius 2 is 1.88 bits per heavy atom. The van der Waals surface area contributed by atoms with E-state index in [0.717, 1.165) is 21.7 Å². The quantitative estimate of drug-likeness (QED) is 0.783. The molecular weight excluding hydrogens is 417 g/mol. The molecular formula is C15H20BrCl2N5O. The molecule has 24 heavy (non-hydrogen) atoms. The first-order valence-electron chi connectivity index (χ1n) is 7.12. The Hall–Kier alpha value is -1.15. The van der Waals surface area contributed by atoms with E-state index >= 15 is 0 Å². The van der Waals surface area contributed by atoms with Gasteiger partial charge in [-0.15, -0.1) is 24.8 Å². The van der Waals surface area contributed by atoms with Gasteiger partial charge in [0.2, 0.25) is 5.91 Å². The topological polar surface area (TPSA) is 77.0 Å². The number of nitrogens with two attached hydrogens (primary N) is 1. The van der Waals surface area contributed by atoms with Crippen molar-refractivity contribution in [3.63, 3.8) is 0 Å². The van der Waals surface area contributed by atoms with Gasteiger partial charge in [0.1, 0.15) is 17.2 Å². The van der Waals surface area contributed by atoms with Crippen LogP contribution in [0.15, 0.2) is 28.7 Å². The van der Waals surface area contributed by atoms with E-state index < -0.39 is 5.54 Å². The summed E-state index contributed by atoms with van der Waals surface area (Å²) in [6.45, 7) is 5.30. The Balaban J connectivity index is 0.00000144. The van der Waals surface area contributed by atoms with Gasteiger partial charge in [0.25, 0.3) is 0 Å². The first-order chi connectivity index (χ1) is 10.4. The molecule has 132 valence electrons. The van der Waals surface area contributed by atoms with E-state index in [-0.39, 0.29) is 30.7 Å². The molecule has 0 fully saturated rings. The van der Waals surface area contributed by atoms with E-state index in [9.17, 15) is 4.79 Å². The minimum atomic E-state index is -1.06. The van der Waals surface area contributed by atoms with E-state index in [1.165, 1.54) is 0 Å². The summed E-state index contributed by atoms with van der Waals surface area (Å²) in [4.78, 5) is 19.0. The molecule has 0 saturated heterocycles. The van der Waals surface area contributed by atoms with Crippen LogP contribution >= 0.6 is 40.7 Å². The molecule has 3 rings (SSSR count). The van der Waals surface area contributed by atoms with Gasteiger partial charge in [0.15, 0.2) is 0 Å². The Labute approximate surface area is 161 Å². The fraction of sp³-hybridized carbons (Fsp3) is 0.400. The number of rotatable bonds is 2. The number of amides is 1. The lowest BCUT2D eigenvalue weighted by Crippen LogP contribution is -2.52. The first kappa shape index (κ1) is 20.9. The molecule has 6 nitrogen and oxygen atoms in total. The van der Waals surface area contributed by atoms with Crippen LogP contribution in [0.3, 0.4) is 0 Å². The van der Waals surface area contributed by atoms with Crippen molar-refractivity contribution < 1.29 is 4.79 Å². The summed E-state index contributed by atoms with van der Waals surface area (Å²) in [5.41, 5.74) is 6.08. The van der Waals surface area contributed by atoms with E-state index in [1.54, 1.807) is 11.8 Å².